The van der Waals surface area contributed by atoms with E-state index in [1.54, 1.807) is 7.05 Å². The second-order valence-corrected chi connectivity index (χ2v) is 9.43. The molecule has 0 bridgehead atoms. The number of likely N-dealkylation sites (tertiary alicyclic amines) is 1. The third kappa shape index (κ3) is 9.25. The van der Waals surface area contributed by atoms with Gasteiger partial charge in [0.1, 0.15) is 9.84 Å². The SMILES string of the molecule is CN=C(NCC1CCCN1Cc1ccccc1)NC(C)CCS(C)(=O)=O.I. The van der Waals surface area contributed by atoms with E-state index in [1.165, 1.54) is 24.7 Å². The van der Waals surface area contributed by atoms with E-state index in [2.05, 4.69) is 44.8 Å². The summed E-state index contributed by atoms with van der Waals surface area (Å²) in [6.07, 6.45) is 4.24. The zero-order valence-corrected chi connectivity index (χ0v) is 19.7. The van der Waals surface area contributed by atoms with Crippen molar-refractivity contribution in [2.24, 2.45) is 4.99 Å². The van der Waals surface area contributed by atoms with Gasteiger partial charge < -0.3 is 10.6 Å². The van der Waals surface area contributed by atoms with Crippen LogP contribution in [0.25, 0.3) is 0 Å². The molecule has 0 aromatic heterocycles. The summed E-state index contributed by atoms with van der Waals surface area (Å²) in [5.41, 5.74) is 1.34. The Morgan fingerprint density at radius 3 is 2.67 bits per heavy atom. The average Bonchev–Trinajstić information content (AvgIpc) is 3.04. The van der Waals surface area contributed by atoms with E-state index in [4.69, 9.17) is 0 Å². The molecule has 2 rings (SSSR count). The molecule has 0 radical (unpaired) electrons. The summed E-state index contributed by atoms with van der Waals surface area (Å²) in [5.74, 6) is 0.920. The maximum absolute atomic E-state index is 11.3. The average molecular weight is 508 g/mol. The summed E-state index contributed by atoms with van der Waals surface area (Å²) in [7, 11) is -1.19. The molecule has 0 amide bonds. The van der Waals surface area contributed by atoms with Crippen LogP contribution in [0.2, 0.25) is 0 Å². The number of sulfone groups is 1. The molecule has 1 aliphatic heterocycles. The Hall–Kier alpha value is -0.870. The van der Waals surface area contributed by atoms with Crippen LogP contribution in [0.3, 0.4) is 0 Å². The van der Waals surface area contributed by atoms with E-state index in [0.717, 1.165) is 25.6 Å². The quantitative estimate of drug-likeness (QED) is 0.320. The molecule has 8 heteroatoms. The van der Waals surface area contributed by atoms with E-state index >= 15 is 0 Å². The zero-order chi connectivity index (χ0) is 19.0. The molecule has 2 N–H and O–H groups in total. The first kappa shape index (κ1) is 24.2. The van der Waals surface area contributed by atoms with Gasteiger partial charge in [-0.05, 0) is 38.3 Å². The third-order valence-corrected chi connectivity index (χ3v) is 5.74. The Labute approximate surface area is 181 Å². The second-order valence-electron chi connectivity index (χ2n) is 7.17. The fourth-order valence-electron chi connectivity index (χ4n) is 3.26. The predicted molar refractivity (Wildman–Crippen MR) is 124 cm³/mol. The summed E-state index contributed by atoms with van der Waals surface area (Å²) >= 11 is 0. The molecule has 154 valence electrons. The van der Waals surface area contributed by atoms with Crippen LogP contribution < -0.4 is 10.6 Å². The molecule has 1 heterocycles. The molecule has 0 aliphatic carbocycles. The van der Waals surface area contributed by atoms with Crippen LogP contribution in [-0.4, -0.2) is 63.5 Å². The summed E-state index contributed by atoms with van der Waals surface area (Å²) in [5, 5.41) is 6.69. The van der Waals surface area contributed by atoms with E-state index < -0.39 is 9.84 Å². The molecule has 2 unspecified atom stereocenters. The second kappa shape index (κ2) is 11.9. The van der Waals surface area contributed by atoms with Gasteiger partial charge in [0.2, 0.25) is 0 Å². The van der Waals surface area contributed by atoms with Crippen molar-refractivity contribution in [2.75, 3.05) is 32.1 Å². The fraction of sp³-hybridized carbons (Fsp3) is 0.632. The lowest BCUT2D eigenvalue weighted by Gasteiger charge is -2.26. The molecular formula is C19H33IN4O2S. The van der Waals surface area contributed by atoms with Crippen LogP contribution in [0.1, 0.15) is 31.7 Å². The van der Waals surface area contributed by atoms with Gasteiger partial charge in [-0.3, -0.25) is 9.89 Å². The lowest BCUT2D eigenvalue weighted by molar-refractivity contribution is 0.245. The van der Waals surface area contributed by atoms with Crippen molar-refractivity contribution in [2.45, 2.75) is 44.8 Å². The molecule has 0 spiro atoms. The molecule has 0 saturated carbocycles. The van der Waals surface area contributed by atoms with E-state index in [1.807, 2.05) is 13.0 Å². The minimum atomic E-state index is -2.93. The Morgan fingerprint density at radius 1 is 1.33 bits per heavy atom. The van der Waals surface area contributed by atoms with E-state index in [9.17, 15) is 8.42 Å². The standard InChI is InChI=1S/C19H32N4O2S.HI/c1-16(11-13-26(3,24)25)22-19(20-2)21-14-18-10-7-12-23(18)15-17-8-5-4-6-9-17;/h4-6,8-9,16,18H,7,10-15H2,1-3H3,(H2,20,21,22);1H. The lowest BCUT2D eigenvalue weighted by atomic mass is 10.2. The summed E-state index contributed by atoms with van der Waals surface area (Å²) in [4.78, 5) is 6.79. The molecule has 2 atom stereocenters. The Bertz CT molecular complexity index is 682. The maximum atomic E-state index is 11.3. The van der Waals surface area contributed by atoms with E-state index in [0.29, 0.717) is 12.5 Å². The molecular weight excluding hydrogens is 475 g/mol. The van der Waals surface area contributed by atoms with Gasteiger partial charge in [0.15, 0.2) is 5.96 Å². The van der Waals surface area contributed by atoms with Gasteiger partial charge in [-0.1, -0.05) is 30.3 Å². The minimum absolute atomic E-state index is 0. The number of nitrogens with one attached hydrogen (secondary N) is 2. The van der Waals surface area contributed by atoms with Crippen LogP contribution in [0.15, 0.2) is 35.3 Å². The molecule has 1 aliphatic rings. The fourth-order valence-corrected chi connectivity index (χ4v) is 4.04. The highest BCUT2D eigenvalue weighted by atomic mass is 127. The zero-order valence-electron chi connectivity index (χ0n) is 16.5. The lowest BCUT2D eigenvalue weighted by Crippen LogP contribution is -2.47. The van der Waals surface area contributed by atoms with Crippen LogP contribution in [0.5, 0.6) is 0 Å². The number of aliphatic imine (C=N–C) groups is 1. The van der Waals surface area contributed by atoms with Crippen molar-refractivity contribution in [1.82, 2.24) is 15.5 Å². The predicted octanol–water partition coefficient (Wildman–Crippen LogP) is 2.26. The minimum Gasteiger partial charge on any atom is -0.355 e. The molecule has 1 saturated heterocycles. The Kier molecular flexibility index (Phi) is 10.6. The molecule has 1 aromatic rings. The Morgan fingerprint density at radius 2 is 2.04 bits per heavy atom. The Balaban J connectivity index is 0.00000364. The van der Waals surface area contributed by atoms with Crippen LogP contribution in [0, 0.1) is 0 Å². The van der Waals surface area contributed by atoms with Crippen molar-refractivity contribution < 1.29 is 8.42 Å². The third-order valence-electron chi connectivity index (χ3n) is 4.76. The van der Waals surface area contributed by atoms with Crippen LogP contribution >= 0.6 is 24.0 Å². The topological polar surface area (TPSA) is 73.8 Å². The summed E-state index contributed by atoms with van der Waals surface area (Å²) < 4.78 is 22.6. The van der Waals surface area contributed by atoms with Crippen molar-refractivity contribution in [3.8, 4) is 0 Å². The van der Waals surface area contributed by atoms with Gasteiger partial charge in [-0.2, -0.15) is 0 Å². The van der Waals surface area contributed by atoms with E-state index in [-0.39, 0.29) is 35.8 Å². The van der Waals surface area contributed by atoms with Crippen LogP contribution in [-0.2, 0) is 16.4 Å². The van der Waals surface area contributed by atoms with Gasteiger partial charge in [0.05, 0.1) is 5.75 Å². The van der Waals surface area contributed by atoms with Gasteiger partial charge in [-0.15, -0.1) is 24.0 Å². The molecule has 1 fully saturated rings. The summed E-state index contributed by atoms with van der Waals surface area (Å²) in [6.45, 7) is 4.92. The first-order chi connectivity index (χ1) is 12.4. The highest BCUT2D eigenvalue weighted by Crippen LogP contribution is 2.19. The van der Waals surface area contributed by atoms with Crippen LogP contribution in [0.4, 0.5) is 0 Å². The number of guanidine groups is 1. The number of benzene rings is 1. The van der Waals surface area contributed by atoms with Gasteiger partial charge >= 0.3 is 0 Å². The molecule has 6 nitrogen and oxygen atoms in total. The number of halogens is 1. The monoisotopic (exact) mass is 508 g/mol. The number of hydrogen-bond acceptors (Lipinski definition) is 4. The van der Waals surface area contributed by atoms with Crippen molar-refractivity contribution in [3.05, 3.63) is 35.9 Å². The first-order valence-electron chi connectivity index (χ1n) is 9.30. The van der Waals surface area contributed by atoms with Gasteiger partial charge in [0, 0.05) is 38.5 Å². The maximum Gasteiger partial charge on any atom is 0.191 e. The van der Waals surface area contributed by atoms with Crippen molar-refractivity contribution in [1.29, 1.82) is 0 Å². The molecule has 27 heavy (non-hydrogen) atoms. The van der Waals surface area contributed by atoms with Gasteiger partial charge in [0.25, 0.3) is 0 Å². The highest BCUT2D eigenvalue weighted by Gasteiger charge is 2.24. The molecule has 1 aromatic carbocycles. The first-order valence-corrected chi connectivity index (χ1v) is 11.4. The number of rotatable bonds is 8. The van der Waals surface area contributed by atoms with Gasteiger partial charge in [-0.25, -0.2) is 8.42 Å². The normalized spacial score (nSPS) is 19.4. The summed E-state index contributed by atoms with van der Waals surface area (Å²) in [6, 6.07) is 11.1. The largest absolute Gasteiger partial charge is 0.355 e. The van der Waals surface area contributed by atoms with Crippen molar-refractivity contribution in [3.63, 3.8) is 0 Å². The smallest absolute Gasteiger partial charge is 0.191 e. The highest BCUT2D eigenvalue weighted by molar-refractivity contribution is 14.0. The number of nitrogens with zero attached hydrogens (tertiary/aromatic N) is 2. The number of hydrogen-bond donors (Lipinski definition) is 2. The van der Waals surface area contributed by atoms with Crippen molar-refractivity contribution >= 4 is 39.8 Å².